The lowest BCUT2D eigenvalue weighted by Crippen LogP contribution is -2.54. The van der Waals surface area contributed by atoms with Crippen molar-refractivity contribution < 1.29 is 31.1 Å². The Morgan fingerprint density at radius 3 is 1.85 bits per heavy atom. The number of alkyl halides is 6. The fourth-order valence-electron chi connectivity index (χ4n) is 0.921. The third kappa shape index (κ3) is 1.90. The van der Waals surface area contributed by atoms with Crippen LogP contribution in [-0.2, 0) is 4.74 Å². The van der Waals surface area contributed by atoms with E-state index >= 15 is 0 Å². The summed E-state index contributed by atoms with van der Waals surface area (Å²) >= 11 is 0. The van der Waals surface area contributed by atoms with Crippen molar-refractivity contribution in [2.45, 2.75) is 30.8 Å². The van der Waals surface area contributed by atoms with Crippen molar-refractivity contribution in [3.8, 4) is 0 Å². The molecule has 0 N–H and O–H groups in total. The number of rotatable bonds is 2. The fourth-order valence-corrected chi connectivity index (χ4v) is 0.921. The largest absolute Gasteiger partial charge is 0.425 e. The van der Waals surface area contributed by atoms with E-state index in [1.165, 1.54) is 0 Å². The van der Waals surface area contributed by atoms with Gasteiger partial charge in [0.05, 0.1) is 0 Å². The molecule has 0 amide bonds. The standard InChI is InChI=1S/C6H6F6O/c7-4(6(10,11)12)5(8,9)3-1-2-13-3/h3-4H,1-2H2. The highest BCUT2D eigenvalue weighted by atomic mass is 19.4. The maximum atomic E-state index is 12.5. The molecule has 2 unspecified atom stereocenters. The Kier molecular flexibility index (Phi) is 2.48. The zero-order valence-electron chi connectivity index (χ0n) is 6.24. The van der Waals surface area contributed by atoms with Crippen LogP contribution in [0.2, 0.25) is 0 Å². The highest BCUT2D eigenvalue weighted by Crippen LogP contribution is 2.41. The molecule has 0 aromatic heterocycles. The van der Waals surface area contributed by atoms with Gasteiger partial charge in [-0.15, -0.1) is 0 Å². The zero-order valence-corrected chi connectivity index (χ0v) is 6.24. The van der Waals surface area contributed by atoms with Crippen LogP contribution in [0.1, 0.15) is 6.42 Å². The van der Waals surface area contributed by atoms with Gasteiger partial charge in [-0.1, -0.05) is 0 Å². The first kappa shape index (κ1) is 10.6. The van der Waals surface area contributed by atoms with Crippen LogP contribution in [-0.4, -0.2) is 31.0 Å². The summed E-state index contributed by atoms with van der Waals surface area (Å²) in [5.74, 6) is -4.48. The summed E-state index contributed by atoms with van der Waals surface area (Å²) in [5, 5.41) is 0. The van der Waals surface area contributed by atoms with Gasteiger partial charge in [0, 0.05) is 13.0 Å². The number of hydrogen-bond donors (Lipinski definition) is 0. The van der Waals surface area contributed by atoms with E-state index in [0.29, 0.717) is 0 Å². The molecule has 1 aliphatic rings. The minimum absolute atomic E-state index is 0.0508. The van der Waals surface area contributed by atoms with Gasteiger partial charge in [0.2, 0.25) is 0 Å². The maximum absolute atomic E-state index is 12.5. The van der Waals surface area contributed by atoms with Gasteiger partial charge < -0.3 is 4.74 Å². The van der Waals surface area contributed by atoms with Crippen molar-refractivity contribution in [3.05, 3.63) is 0 Å². The molecule has 1 heterocycles. The Labute approximate surface area is 69.7 Å². The Balaban J connectivity index is 2.67. The molecule has 1 saturated heterocycles. The molecule has 0 aromatic carbocycles. The molecular weight excluding hydrogens is 202 g/mol. The summed E-state index contributed by atoms with van der Waals surface area (Å²) < 4.78 is 76.1. The number of hydrogen-bond acceptors (Lipinski definition) is 1. The summed E-state index contributed by atoms with van der Waals surface area (Å²) in [7, 11) is 0. The lowest BCUT2D eigenvalue weighted by molar-refractivity contribution is -0.291. The van der Waals surface area contributed by atoms with Crippen LogP contribution in [0.3, 0.4) is 0 Å². The minimum Gasteiger partial charge on any atom is -0.372 e. The third-order valence-electron chi connectivity index (χ3n) is 1.75. The van der Waals surface area contributed by atoms with Gasteiger partial charge in [-0.25, -0.2) is 13.2 Å². The van der Waals surface area contributed by atoms with Crippen molar-refractivity contribution in [1.29, 1.82) is 0 Å². The highest BCUT2D eigenvalue weighted by molar-refractivity contribution is 4.92. The summed E-state index contributed by atoms with van der Waals surface area (Å²) in [6, 6.07) is 0. The SMILES string of the molecule is FC(C(F)(F)F)C(F)(F)C1CCO1. The molecule has 0 aliphatic carbocycles. The summed E-state index contributed by atoms with van der Waals surface area (Å²) in [4.78, 5) is 0. The molecule has 0 bridgehead atoms. The van der Waals surface area contributed by atoms with E-state index in [2.05, 4.69) is 4.74 Å². The van der Waals surface area contributed by atoms with Crippen LogP contribution < -0.4 is 0 Å². The Morgan fingerprint density at radius 1 is 1.15 bits per heavy atom. The van der Waals surface area contributed by atoms with Crippen LogP contribution in [0, 0.1) is 0 Å². The minimum atomic E-state index is -5.54. The second-order valence-electron chi connectivity index (χ2n) is 2.73. The molecule has 78 valence electrons. The molecule has 0 saturated carbocycles. The average molecular weight is 208 g/mol. The second kappa shape index (κ2) is 3.04. The van der Waals surface area contributed by atoms with Crippen molar-refractivity contribution >= 4 is 0 Å². The van der Waals surface area contributed by atoms with Crippen LogP contribution in [0.5, 0.6) is 0 Å². The monoisotopic (exact) mass is 208 g/mol. The Bertz CT molecular complexity index is 184. The van der Waals surface area contributed by atoms with Gasteiger partial charge >= 0.3 is 12.1 Å². The molecule has 0 spiro atoms. The van der Waals surface area contributed by atoms with Crippen molar-refractivity contribution in [2.75, 3.05) is 6.61 Å². The Morgan fingerprint density at radius 2 is 1.62 bits per heavy atom. The topological polar surface area (TPSA) is 9.23 Å². The van der Waals surface area contributed by atoms with Crippen LogP contribution in [0.25, 0.3) is 0 Å². The summed E-state index contributed by atoms with van der Waals surface area (Å²) in [6.45, 7) is -0.0508. The van der Waals surface area contributed by atoms with Gasteiger partial charge in [0.25, 0.3) is 6.17 Å². The molecule has 2 atom stereocenters. The molecule has 13 heavy (non-hydrogen) atoms. The number of ether oxygens (including phenoxy) is 1. The maximum Gasteiger partial charge on any atom is 0.425 e. The first-order valence-electron chi connectivity index (χ1n) is 3.46. The average Bonchev–Trinajstić information content (AvgIpc) is 1.78. The van der Waals surface area contributed by atoms with Gasteiger partial charge in [-0.05, 0) is 0 Å². The predicted molar refractivity (Wildman–Crippen MR) is 30.3 cm³/mol. The van der Waals surface area contributed by atoms with Crippen LogP contribution in [0.15, 0.2) is 0 Å². The van der Waals surface area contributed by atoms with E-state index in [9.17, 15) is 26.3 Å². The zero-order chi connectivity index (χ0) is 10.3. The van der Waals surface area contributed by atoms with Crippen LogP contribution in [0.4, 0.5) is 26.3 Å². The molecule has 7 heteroatoms. The third-order valence-corrected chi connectivity index (χ3v) is 1.75. The summed E-state index contributed by atoms with van der Waals surface area (Å²) in [6.07, 6.45) is -11.9. The second-order valence-corrected chi connectivity index (χ2v) is 2.73. The number of halogens is 6. The smallest absolute Gasteiger partial charge is 0.372 e. The first-order valence-corrected chi connectivity index (χ1v) is 3.46. The van der Waals surface area contributed by atoms with Crippen molar-refractivity contribution in [3.63, 3.8) is 0 Å². The lowest BCUT2D eigenvalue weighted by Gasteiger charge is -2.35. The van der Waals surface area contributed by atoms with E-state index in [0.717, 1.165) is 0 Å². The van der Waals surface area contributed by atoms with Crippen LogP contribution >= 0.6 is 0 Å². The lowest BCUT2D eigenvalue weighted by atomic mass is 10.0. The molecule has 1 rings (SSSR count). The van der Waals surface area contributed by atoms with Gasteiger partial charge in [-0.2, -0.15) is 13.2 Å². The van der Waals surface area contributed by atoms with E-state index < -0.39 is 24.4 Å². The van der Waals surface area contributed by atoms with Crippen molar-refractivity contribution in [1.82, 2.24) is 0 Å². The fraction of sp³-hybridized carbons (Fsp3) is 1.00. The van der Waals surface area contributed by atoms with E-state index in [4.69, 9.17) is 0 Å². The van der Waals surface area contributed by atoms with E-state index in [1.807, 2.05) is 0 Å². The van der Waals surface area contributed by atoms with E-state index in [1.54, 1.807) is 0 Å². The predicted octanol–water partition coefficient (Wildman–Crippen LogP) is 2.31. The molecular formula is C6H6F6O. The molecule has 0 aromatic rings. The Hall–Kier alpha value is -0.460. The summed E-state index contributed by atoms with van der Waals surface area (Å²) in [5.41, 5.74) is 0. The quantitative estimate of drug-likeness (QED) is 0.632. The normalized spacial score (nSPS) is 26.8. The highest BCUT2D eigenvalue weighted by Gasteiger charge is 2.62. The molecule has 1 nitrogen and oxygen atoms in total. The molecule has 0 radical (unpaired) electrons. The molecule has 1 aliphatic heterocycles. The van der Waals surface area contributed by atoms with Gasteiger partial charge in [0.15, 0.2) is 0 Å². The van der Waals surface area contributed by atoms with Gasteiger partial charge in [0.1, 0.15) is 6.10 Å². The van der Waals surface area contributed by atoms with Gasteiger partial charge in [-0.3, -0.25) is 0 Å². The first-order chi connectivity index (χ1) is 5.76. The molecule has 1 fully saturated rings. The van der Waals surface area contributed by atoms with E-state index in [-0.39, 0.29) is 13.0 Å². The van der Waals surface area contributed by atoms with Crippen molar-refractivity contribution in [2.24, 2.45) is 0 Å².